The first kappa shape index (κ1) is 10.1. The number of halogens is 2. The van der Waals surface area contributed by atoms with Crippen molar-refractivity contribution in [2.45, 2.75) is 6.92 Å². The molecule has 1 aromatic carbocycles. The van der Waals surface area contributed by atoms with Gasteiger partial charge in [-0.2, -0.15) is 0 Å². The van der Waals surface area contributed by atoms with Crippen molar-refractivity contribution in [1.82, 2.24) is 4.98 Å². The SMILES string of the molecule is Cc1cc2c(=O)oc(=O)[nH]c2c(F)c1Br. The van der Waals surface area contributed by atoms with E-state index in [0.717, 1.165) is 0 Å². The molecule has 0 saturated heterocycles. The summed E-state index contributed by atoms with van der Waals surface area (Å²) in [6.45, 7) is 1.64. The van der Waals surface area contributed by atoms with Crippen LogP contribution in [0.25, 0.3) is 10.9 Å². The lowest BCUT2D eigenvalue weighted by Crippen LogP contribution is -2.15. The van der Waals surface area contributed by atoms with E-state index in [0.29, 0.717) is 5.56 Å². The van der Waals surface area contributed by atoms with E-state index in [-0.39, 0.29) is 15.4 Å². The highest BCUT2D eigenvalue weighted by molar-refractivity contribution is 9.10. The lowest BCUT2D eigenvalue weighted by atomic mass is 10.1. The van der Waals surface area contributed by atoms with Crippen LogP contribution < -0.4 is 11.4 Å². The lowest BCUT2D eigenvalue weighted by molar-refractivity contribution is 0.458. The van der Waals surface area contributed by atoms with Crippen molar-refractivity contribution in [2.24, 2.45) is 0 Å². The second kappa shape index (κ2) is 3.30. The Morgan fingerprint density at radius 1 is 1.47 bits per heavy atom. The monoisotopic (exact) mass is 273 g/mol. The van der Waals surface area contributed by atoms with E-state index in [1.54, 1.807) is 6.92 Å². The topological polar surface area (TPSA) is 63.1 Å². The zero-order valence-electron chi connectivity index (χ0n) is 7.56. The van der Waals surface area contributed by atoms with E-state index in [1.807, 2.05) is 0 Å². The molecular weight excluding hydrogens is 269 g/mol. The molecule has 0 saturated carbocycles. The summed E-state index contributed by atoms with van der Waals surface area (Å²) in [7, 11) is 0. The number of aromatic amines is 1. The number of rotatable bonds is 0. The number of hydrogen-bond acceptors (Lipinski definition) is 3. The molecule has 4 nitrogen and oxygen atoms in total. The van der Waals surface area contributed by atoms with Gasteiger partial charge >= 0.3 is 11.4 Å². The summed E-state index contributed by atoms with van der Waals surface area (Å²) >= 11 is 3.02. The molecule has 1 aromatic heterocycles. The fourth-order valence-corrected chi connectivity index (χ4v) is 1.62. The normalized spacial score (nSPS) is 10.9. The second-order valence-electron chi connectivity index (χ2n) is 3.05. The van der Waals surface area contributed by atoms with Crippen molar-refractivity contribution >= 4 is 26.8 Å². The number of hydrogen-bond donors (Lipinski definition) is 1. The summed E-state index contributed by atoms with van der Waals surface area (Å²) in [5.41, 5.74) is -0.434. The molecule has 0 aliphatic rings. The number of H-pyrrole nitrogens is 1. The van der Waals surface area contributed by atoms with Crippen molar-refractivity contribution in [3.63, 3.8) is 0 Å². The number of fused-ring (bicyclic) bond motifs is 1. The maximum absolute atomic E-state index is 13.6. The van der Waals surface area contributed by atoms with E-state index in [2.05, 4.69) is 25.3 Å². The molecule has 2 aromatic rings. The van der Waals surface area contributed by atoms with E-state index in [1.165, 1.54) is 6.07 Å². The summed E-state index contributed by atoms with van der Waals surface area (Å²) < 4.78 is 18.1. The minimum atomic E-state index is -0.970. The zero-order chi connectivity index (χ0) is 11.2. The number of nitrogens with one attached hydrogen (secondary N) is 1. The van der Waals surface area contributed by atoms with E-state index >= 15 is 0 Å². The standard InChI is InChI=1S/C9H5BrFNO3/c1-3-2-4-7(6(11)5(3)10)12-9(14)15-8(4)13/h2H,1H3,(H,12,14). The highest BCUT2D eigenvalue weighted by Crippen LogP contribution is 2.24. The molecular formula is C9H5BrFNO3. The van der Waals surface area contributed by atoms with Gasteiger partial charge in [-0.15, -0.1) is 0 Å². The molecule has 0 amide bonds. The van der Waals surface area contributed by atoms with Gasteiger partial charge in [0.2, 0.25) is 0 Å². The van der Waals surface area contributed by atoms with Crippen molar-refractivity contribution in [2.75, 3.05) is 0 Å². The average molecular weight is 274 g/mol. The smallest absolute Gasteiger partial charge is 0.372 e. The van der Waals surface area contributed by atoms with Crippen LogP contribution in [0, 0.1) is 12.7 Å². The third-order valence-electron chi connectivity index (χ3n) is 2.02. The van der Waals surface area contributed by atoms with Crippen LogP contribution in [0.15, 0.2) is 24.5 Å². The highest BCUT2D eigenvalue weighted by Gasteiger charge is 2.12. The van der Waals surface area contributed by atoms with Crippen molar-refractivity contribution < 1.29 is 8.81 Å². The molecule has 2 rings (SSSR count). The second-order valence-corrected chi connectivity index (χ2v) is 3.84. The summed E-state index contributed by atoms with van der Waals surface area (Å²) in [4.78, 5) is 24.2. The van der Waals surface area contributed by atoms with Gasteiger partial charge in [-0.1, -0.05) is 0 Å². The molecule has 6 heteroatoms. The average Bonchev–Trinajstić information content (AvgIpc) is 2.17. The first-order valence-corrected chi connectivity index (χ1v) is 4.81. The molecule has 0 bridgehead atoms. The molecule has 0 radical (unpaired) electrons. The van der Waals surface area contributed by atoms with Gasteiger partial charge in [-0.3, -0.25) is 4.98 Å². The molecule has 0 aliphatic heterocycles. The number of aryl methyl sites for hydroxylation is 1. The van der Waals surface area contributed by atoms with Gasteiger partial charge in [0, 0.05) is 0 Å². The highest BCUT2D eigenvalue weighted by atomic mass is 79.9. The van der Waals surface area contributed by atoms with Gasteiger partial charge in [-0.05, 0) is 34.5 Å². The maximum atomic E-state index is 13.6. The van der Waals surface area contributed by atoms with Crippen molar-refractivity contribution in [1.29, 1.82) is 0 Å². The fourth-order valence-electron chi connectivity index (χ4n) is 1.30. The van der Waals surface area contributed by atoms with Crippen LogP contribution in [0.3, 0.4) is 0 Å². The van der Waals surface area contributed by atoms with Crippen LogP contribution >= 0.6 is 15.9 Å². The maximum Gasteiger partial charge on any atom is 0.419 e. The summed E-state index contributed by atoms with van der Waals surface area (Å²) in [6.07, 6.45) is 0. The molecule has 0 fully saturated rings. The molecule has 0 unspecified atom stereocenters. The lowest BCUT2D eigenvalue weighted by Gasteiger charge is -2.02. The Bertz CT molecular complexity index is 659. The van der Waals surface area contributed by atoms with Crippen molar-refractivity contribution in [3.8, 4) is 0 Å². The van der Waals surface area contributed by atoms with E-state index in [4.69, 9.17) is 0 Å². The van der Waals surface area contributed by atoms with E-state index in [9.17, 15) is 14.0 Å². The molecule has 1 heterocycles. The summed E-state index contributed by atoms with van der Waals surface area (Å²) in [5.74, 6) is -1.64. The van der Waals surface area contributed by atoms with Crippen LogP contribution in [0.2, 0.25) is 0 Å². The quantitative estimate of drug-likeness (QED) is 0.795. The summed E-state index contributed by atoms with van der Waals surface area (Å²) in [5, 5.41) is 0.0211. The van der Waals surface area contributed by atoms with Gasteiger partial charge in [0.15, 0.2) is 5.82 Å². The third-order valence-corrected chi connectivity index (χ3v) is 2.99. The Morgan fingerprint density at radius 3 is 2.80 bits per heavy atom. The van der Waals surface area contributed by atoms with Gasteiger partial charge in [0.05, 0.1) is 15.4 Å². The van der Waals surface area contributed by atoms with Crippen LogP contribution in [0.5, 0.6) is 0 Å². The van der Waals surface area contributed by atoms with Gasteiger partial charge in [-0.25, -0.2) is 14.0 Å². The van der Waals surface area contributed by atoms with E-state index < -0.39 is 17.2 Å². The minimum absolute atomic E-state index is 0.0211. The van der Waals surface area contributed by atoms with Crippen LogP contribution in [-0.4, -0.2) is 4.98 Å². The largest absolute Gasteiger partial charge is 0.419 e. The Morgan fingerprint density at radius 2 is 2.13 bits per heavy atom. The number of benzene rings is 1. The third kappa shape index (κ3) is 1.50. The first-order valence-electron chi connectivity index (χ1n) is 4.02. The van der Waals surface area contributed by atoms with Crippen LogP contribution in [0.1, 0.15) is 5.56 Å². The van der Waals surface area contributed by atoms with Crippen LogP contribution in [-0.2, 0) is 0 Å². The Hall–Kier alpha value is -1.43. The molecule has 0 spiro atoms. The Balaban J connectivity index is 3.12. The van der Waals surface area contributed by atoms with Crippen molar-refractivity contribution in [3.05, 3.63) is 42.9 Å². The Labute approximate surface area is 90.9 Å². The number of aromatic nitrogens is 1. The predicted molar refractivity (Wildman–Crippen MR) is 55.5 cm³/mol. The molecule has 0 atom stereocenters. The molecule has 15 heavy (non-hydrogen) atoms. The predicted octanol–water partition coefficient (Wildman–Crippen LogP) is 1.69. The van der Waals surface area contributed by atoms with Gasteiger partial charge < -0.3 is 4.42 Å². The molecule has 78 valence electrons. The molecule has 1 N–H and O–H groups in total. The summed E-state index contributed by atoms with van der Waals surface area (Å²) in [6, 6.07) is 1.45. The zero-order valence-corrected chi connectivity index (χ0v) is 9.14. The fraction of sp³-hybridized carbons (Fsp3) is 0.111. The Kier molecular flexibility index (Phi) is 2.22. The first-order chi connectivity index (χ1) is 7.00. The molecule has 0 aliphatic carbocycles. The van der Waals surface area contributed by atoms with Gasteiger partial charge in [0.25, 0.3) is 0 Å². The van der Waals surface area contributed by atoms with Crippen LogP contribution in [0.4, 0.5) is 4.39 Å². The minimum Gasteiger partial charge on any atom is -0.372 e. The van der Waals surface area contributed by atoms with Gasteiger partial charge in [0.1, 0.15) is 0 Å².